The van der Waals surface area contributed by atoms with Crippen LogP contribution in [0.15, 0.2) is 0 Å². The van der Waals surface area contributed by atoms with Gasteiger partial charge in [-0.25, -0.2) is 4.84 Å². The van der Waals surface area contributed by atoms with Gasteiger partial charge in [0.2, 0.25) is 0 Å². The van der Waals surface area contributed by atoms with Crippen LogP contribution in [0.25, 0.3) is 0 Å². The molecule has 0 amide bonds. The van der Waals surface area contributed by atoms with E-state index in [1.54, 1.807) is 0 Å². The lowest BCUT2D eigenvalue weighted by molar-refractivity contribution is -0.458. The number of unbranched alkanes of at least 4 members (excludes halogenated alkanes) is 1. The summed E-state index contributed by atoms with van der Waals surface area (Å²) < 4.78 is 5.88. The maximum Gasteiger partial charge on any atom is 0.180 e. The van der Waals surface area contributed by atoms with E-state index in [1.165, 1.54) is 32.1 Å². The van der Waals surface area contributed by atoms with Crippen LogP contribution < -0.4 is 0 Å². The van der Waals surface area contributed by atoms with Crippen molar-refractivity contribution >= 4 is 0 Å². The van der Waals surface area contributed by atoms with E-state index in [0.717, 1.165) is 32.0 Å². The van der Waals surface area contributed by atoms with Crippen LogP contribution in [-0.4, -0.2) is 30.3 Å². The van der Waals surface area contributed by atoms with Gasteiger partial charge in [-0.05, 0) is 43.9 Å². The average molecular weight is 267 g/mol. The maximum absolute atomic E-state index is 6.03. The number of ether oxygens (including phenoxy) is 1. The van der Waals surface area contributed by atoms with Crippen LogP contribution in [0.2, 0.25) is 0 Å². The molecule has 1 spiro atoms. The lowest BCUT2D eigenvalue weighted by atomic mass is 9.75. The molecule has 108 valence electrons. The third kappa shape index (κ3) is 1.67. The largest absolute Gasteiger partial charge is 0.351 e. The number of hydrogen-bond donors (Lipinski definition) is 0. The average Bonchev–Trinajstić information content (AvgIpc) is 3.04. The highest BCUT2D eigenvalue weighted by Gasteiger charge is 2.68. The van der Waals surface area contributed by atoms with Gasteiger partial charge in [-0.2, -0.15) is 0 Å². The summed E-state index contributed by atoms with van der Waals surface area (Å²) in [6.07, 6.45) is 8.64. The van der Waals surface area contributed by atoms with E-state index < -0.39 is 0 Å². The zero-order chi connectivity index (χ0) is 12.9. The minimum atomic E-state index is -0.0831. The van der Waals surface area contributed by atoms with E-state index in [1.807, 2.05) is 5.23 Å². The minimum Gasteiger partial charge on any atom is -0.351 e. The monoisotopic (exact) mass is 267 g/mol. The van der Waals surface area contributed by atoms with Crippen molar-refractivity contribution in [3.63, 3.8) is 0 Å². The van der Waals surface area contributed by atoms with Crippen molar-refractivity contribution in [3.05, 3.63) is 0 Å². The van der Waals surface area contributed by atoms with Gasteiger partial charge in [-0.15, -0.1) is 0 Å². The molecule has 0 bridgehead atoms. The lowest BCUT2D eigenvalue weighted by Crippen LogP contribution is -2.57. The number of rotatable bonds is 4. The van der Waals surface area contributed by atoms with Crippen LogP contribution in [0.4, 0.5) is 0 Å². The van der Waals surface area contributed by atoms with Crippen LogP contribution in [0.5, 0.6) is 0 Å². The molecule has 4 heteroatoms. The second-order valence-electron chi connectivity index (χ2n) is 6.68. The third-order valence-electron chi connectivity index (χ3n) is 5.89. The summed E-state index contributed by atoms with van der Waals surface area (Å²) in [6, 6.07) is 0. The maximum atomic E-state index is 6.03. The first-order chi connectivity index (χ1) is 9.35. The molecule has 0 radical (unpaired) electrons. The fraction of sp³-hybridized carbons (Fsp3) is 1.00. The van der Waals surface area contributed by atoms with Crippen LogP contribution in [-0.2, 0) is 14.4 Å². The Morgan fingerprint density at radius 1 is 1.16 bits per heavy atom. The number of nitrogens with zero attached hydrogens (tertiary/aromatic N) is 1. The Morgan fingerprint density at radius 2 is 1.95 bits per heavy atom. The summed E-state index contributed by atoms with van der Waals surface area (Å²) >= 11 is 0. The molecule has 2 heterocycles. The number of hydrogen-bond acceptors (Lipinski definition) is 4. The highest BCUT2D eigenvalue weighted by atomic mass is 17.0. The summed E-state index contributed by atoms with van der Waals surface area (Å²) in [4.78, 5) is 11.9. The van der Waals surface area contributed by atoms with Crippen LogP contribution in [0.3, 0.4) is 0 Å². The molecule has 0 aromatic heterocycles. The zero-order valence-corrected chi connectivity index (χ0v) is 11.8. The standard InChI is InChI=1S/C15H25NO3/c1-2-3-8-17-14-9-12-6-4-11-5-7-13-10-18-16(19-14)15(11,12)13/h11-14H,2-10H2,1H3/t11-,12+,13?,14?,15-/m1/s1. The van der Waals surface area contributed by atoms with Gasteiger partial charge in [0.25, 0.3) is 0 Å². The van der Waals surface area contributed by atoms with E-state index in [2.05, 4.69) is 6.92 Å². The van der Waals surface area contributed by atoms with Crippen molar-refractivity contribution in [1.29, 1.82) is 0 Å². The quantitative estimate of drug-likeness (QED) is 0.733. The molecule has 4 nitrogen and oxygen atoms in total. The van der Waals surface area contributed by atoms with Crippen molar-refractivity contribution in [3.8, 4) is 0 Å². The van der Waals surface area contributed by atoms with E-state index in [0.29, 0.717) is 11.8 Å². The highest BCUT2D eigenvalue weighted by Crippen LogP contribution is 2.63. The molecular weight excluding hydrogens is 242 g/mol. The second kappa shape index (κ2) is 4.69. The normalized spacial score (nSPS) is 48.5. The molecule has 2 saturated heterocycles. The van der Waals surface area contributed by atoms with E-state index in [4.69, 9.17) is 14.4 Å². The highest BCUT2D eigenvalue weighted by molar-refractivity contribution is 5.13. The Kier molecular flexibility index (Phi) is 3.10. The summed E-state index contributed by atoms with van der Waals surface area (Å²) in [7, 11) is 0. The van der Waals surface area contributed by atoms with Crippen molar-refractivity contribution in [2.75, 3.05) is 13.2 Å². The number of hydroxylamine groups is 2. The molecule has 2 aliphatic carbocycles. The van der Waals surface area contributed by atoms with Gasteiger partial charge in [-0.3, -0.25) is 4.84 Å². The van der Waals surface area contributed by atoms with Crippen molar-refractivity contribution in [1.82, 2.24) is 5.23 Å². The Labute approximate surface area is 115 Å². The Bertz CT molecular complexity index is 320. The predicted octanol–water partition coefficient (Wildman–Crippen LogP) is 2.89. The van der Waals surface area contributed by atoms with Gasteiger partial charge < -0.3 is 4.74 Å². The van der Waals surface area contributed by atoms with E-state index >= 15 is 0 Å². The molecule has 4 aliphatic rings. The Balaban J connectivity index is 1.50. The molecule has 2 unspecified atom stereocenters. The van der Waals surface area contributed by atoms with Crippen molar-refractivity contribution in [2.24, 2.45) is 17.8 Å². The smallest absolute Gasteiger partial charge is 0.180 e. The third-order valence-corrected chi connectivity index (χ3v) is 5.89. The second-order valence-corrected chi connectivity index (χ2v) is 6.68. The SMILES string of the molecule is CCCCOC1C[C@@H]2CC[C@@H]3CCC4CON(O1)[C@]432. The van der Waals surface area contributed by atoms with Crippen LogP contribution >= 0.6 is 0 Å². The molecule has 4 fully saturated rings. The molecule has 19 heavy (non-hydrogen) atoms. The first kappa shape index (κ1) is 12.6. The summed E-state index contributed by atoms with van der Waals surface area (Å²) in [5, 5.41) is 1.90. The summed E-state index contributed by atoms with van der Waals surface area (Å²) in [6.45, 7) is 3.85. The molecular formula is C15H25NO3. The predicted molar refractivity (Wildman–Crippen MR) is 69.8 cm³/mol. The van der Waals surface area contributed by atoms with Gasteiger partial charge in [0.1, 0.15) is 0 Å². The minimum absolute atomic E-state index is 0.0831. The van der Waals surface area contributed by atoms with Crippen molar-refractivity contribution < 1.29 is 14.4 Å². The topological polar surface area (TPSA) is 30.9 Å². The fourth-order valence-electron chi connectivity index (χ4n) is 5.08. The molecule has 5 atom stereocenters. The van der Waals surface area contributed by atoms with Crippen LogP contribution in [0, 0.1) is 17.8 Å². The van der Waals surface area contributed by atoms with E-state index in [9.17, 15) is 0 Å². The van der Waals surface area contributed by atoms with Gasteiger partial charge in [0, 0.05) is 18.9 Å². The Morgan fingerprint density at radius 3 is 2.79 bits per heavy atom. The molecule has 4 rings (SSSR count). The summed E-state index contributed by atoms with van der Waals surface area (Å²) in [5.74, 6) is 2.20. The van der Waals surface area contributed by atoms with Gasteiger partial charge in [0.15, 0.2) is 6.29 Å². The Hall–Kier alpha value is -0.160. The lowest BCUT2D eigenvalue weighted by Gasteiger charge is -2.46. The fourth-order valence-corrected chi connectivity index (χ4v) is 5.08. The first-order valence-corrected chi connectivity index (χ1v) is 8.07. The zero-order valence-electron chi connectivity index (χ0n) is 11.8. The van der Waals surface area contributed by atoms with Crippen LogP contribution in [0.1, 0.15) is 51.9 Å². The molecule has 2 aliphatic heterocycles. The molecule has 0 aromatic rings. The summed E-state index contributed by atoms with van der Waals surface area (Å²) in [5.41, 5.74) is 0.213. The van der Waals surface area contributed by atoms with Gasteiger partial charge in [0.05, 0.1) is 12.1 Å². The van der Waals surface area contributed by atoms with Gasteiger partial charge in [-0.1, -0.05) is 18.6 Å². The van der Waals surface area contributed by atoms with Crippen molar-refractivity contribution in [2.45, 2.75) is 63.7 Å². The first-order valence-electron chi connectivity index (χ1n) is 8.07. The molecule has 0 aromatic carbocycles. The van der Waals surface area contributed by atoms with Gasteiger partial charge >= 0.3 is 0 Å². The molecule has 2 saturated carbocycles. The van der Waals surface area contributed by atoms with E-state index in [-0.39, 0.29) is 11.8 Å². The molecule has 0 N–H and O–H groups in total.